The smallest absolute Gasteiger partial charge is 0.258 e. The van der Waals surface area contributed by atoms with E-state index >= 15 is 0 Å². The summed E-state index contributed by atoms with van der Waals surface area (Å²) < 4.78 is 22.3. The Balaban J connectivity index is 1.52. The molecule has 1 saturated carbocycles. The van der Waals surface area contributed by atoms with Crippen LogP contribution < -0.4 is 23.8 Å². The molecule has 1 fully saturated rings. The van der Waals surface area contributed by atoms with Crippen molar-refractivity contribution in [2.45, 2.75) is 19.3 Å². The van der Waals surface area contributed by atoms with Crippen molar-refractivity contribution >= 4 is 22.5 Å². The van der Waals surface area contributed by atoms with Crippen LogP contribution in [-0.2, 0) is 6.42 Å². The molecule has 166 valence electrons. The van der Waals surface area contributed by atoms with Gasteiger partial charge in [0.05, 0.1) is 45.3 Å². The maximum absolute atomic E-state index is 13.5. The molecule has 32 heavy (non-hydrogen) atoms. The highest BCUT2D eigenvalue weighted by atomic mass is 16.5. The van der Waals surface area contributed by atoms with Gasteiger partial charge in [-0.25, -0.2) is 0 Å². The first kappa shape index (κ1) is 20.4. The topological polar surface area (TPSA) is 83.0 Å². The molecule has 0 unspecified atom stereocenters. The fourth-order valence-corrected chi connectivity index (χ4v) is 4.07. The predicted molar refractivity (Wildman–Crippen MR) is 119 cm³/mol. The van der Waals surface area contributed by atoms with Crippen molar-refractivity contribution in [3.63, 3.8) is 0 Å². The van der Waals surface area contributed by atoms with Crippen LogP contribution >= 0.6 is 0 Å². The Morgan fingerprint density at radius 3 is 2.41 bits per heavy atom. The normalized spacial score (nSPS) is 15.5. The lowest BCUT2D eigenvalue weighted by Crippen LogP contribution is -2.38. The molecule has 5 rings (SSSR count). The summed E-state index contributed by atoms with van der Waals surface area (Å²) in [5.74, 6) is 2.93. The number of rotatable bonds is 7. The van der Waals surface area contributed by atoms with Crippen LogP contribution in [0.25, 0.3) is 10.9 Å². The summed E-state index contributed by atoms with van der Waals surface area (Å²) in [6.45, 7) is 1.21. The lowest BCUT2D eigenvalue weighted by Gasteiger charge is -2.30. The lowest BCUT2D eigenvalue weighted by atomic mass is 9.97. The van der Waals surface area contributed by atoms with E-state index in [4.69, 9.17) is 18.9 Å². The van der Waals surface area contributed by atoms with Crippen LogP contribution in [0.2, 0.25) is 0 Å². The van der Waals surface area contributed by atoms with Crippen molar-refractivity contribution in [1.29, 1.82) is 0 Å². The molecule has 1 aliphatic heterocycles. The fraction of sp³-hybridized carbons (Fsp3) is 0.375. The van der Waals surface area contributed by atoms with Crippen LogP contribution in [0.4, 0.5) is 5.69 Å². The van der Waals surface area contributed by atoms with Gasteiger partial charge in [-0.15, -0.1) is 0 Å². The molecule has 3 aromatic rings. The molecule has 1 amide bonds. The third-order valence-electron chi connectivity index (χ3n) is 6.06. The number of carbonyl (C=O) groups excluding carboxylic acids is 1. The molecular weight excluding hydrogens is 410 g/mol. The van der Waals surface area contributed by atoms with Crippen LogP contribution in [0.5, 0.6) is 23.0 Å². The van der Waals surface area contributed by atoms with E-state index in [1.54, 1.807) is 44.6 Å². The number of hydrogen-bond acceptors (Lipinski definition) is 7. The van der Waals surface area contributed by atoms with Gasteiger partial charge in [-0.1, -0.05) is 0 Å². The molecule has 0 spiro atoms. The first-order chi connectivity index (χ1) is 15.6. The van der Waals surface area contributed by atoms with E-state index in [-0.39, 0.29) is 5.91 Å². The maximum atomic E-state index is 13.5. The number of fused-ring (bicyclic) bond motifs is 2. The fourth-order valence-electron chi connectivity index (χ4n) is 4.07. The van der Waals surface area contributed by atoms with Gasteiger partial charge in [0.2, 0.25) is 0 Å². The molecule has 8 nitrogen and oxygen atoms in total. The van der Waals surface area contributed by atoms with Crippen molar-refractivity contribution in [3.8, 4) is 23.0 Å². The van der Waals surface area contributed by atoms with Crippen LogP contribution in [0.1, 0.15) is 28.8 Å². The minimum absolute atomic E-state index is 0.109. The predicted octanol–water partition coefficient (Wildman–Crippen LogP) is 3.65. The van der Waals surface area contributed by atoms with E-state index in [1.807, 2.05) is 12.1 Å². The maximum Gasteiger partial charge on any atom is 0.258 e. The van der Waals surface area contributed by atoms with Crippen molar-refractivity contribution in [3.05, 3.63) is 41.6 Å². The van der Waals surface area contributed by atoms with Crippen molar-refractivity contribution in [1.82, 2.24) is 10.2 Å². The molecule has 2 aliphatic rings. The third-order valence-corrected chi connectivity index (χ3v) is 6.06. The van der Waals surface area contributed by atoms with E-state index in [9.17, 15) is 4.79 Å². The summed E-state index contributed by atoms with van der Waals surface area (Å²) in [5, 5.41) is 9.10. The number of ether oxygens (including phenoxy) is 4. The number of aromatic nitrogens is 2. The lowest BCUT2D eigenvalue weighted by molar-refractivity contribution is 0.0980. The van der Waals surface area contributed by atoms with Gasteiger partial charge in [0.15, 0.2) is 23.0 Å². The highest BCUT2D eigenvalue weighted by Crippen LogP contribution is 2.39. The van der Waals surface area contributed by atoms with Gasteiger partial charge < -0.3 is 23.8 Å². The Morgan fingerprint density at radius 1 is 0.969 bits per heavy atom. The van der Waals surface area contributed by atoms with Crippen molar-refractivity contribution in [2.24, 2.45) is 5.92 Å². The second kappa shape index (κ2) is 8.18. The molecule has 0 atom stereocenters. The number of benzene rings is 2. The van der Waals surface area contributed by atoms with Gasteiger partial charge in [-0.3, -0.25) is 4.79 Å². The van der Waals surface area contributed by atoms with Gasteiger partial charge in [0.25, 0.3) is 5.91 Å². The molecule has 8 heteroatoms. The Labute approximate surface area is 186 Å². The first-order valence-electron chi connectivity index (χ1n) is 10.7. The number of amides is 1. The molecule has 0 radical (unpaired) electrons. The van der Waals surface area contributed by atoms with Gasteiger partial charge in [-0.05, 0) is 48.9 Å². The van der Waals surface area contributed by atoms with E-state index in [0.717, 1.165) is 10.9 Å². The van der Waals surface area contributed by atoms with E-state index < -0.39 is 0 Å². The molecule has 1 aromatic heterocycles. The van der Waals surface area contributed by atoms with Crippen LogP contribution in [0.3, 0.4) is 0 Å². The summed E-state index contributed by atoms with van der Waals surface area (Å²) >= 11 is 0. The Morgan fingerprint density at radius 2 is 1.69 bits per heavy atom. The zero-order chi connectivity index (χ0) is 22.2. The van der Waals surface area contributed by atoms with E-state index in [0.29, 0.717) is 65.3 Å². The summed E-state index contributed by atoms with van der Waals surface area (Å²) in [7, 11) is 4.74. The Bertz CT molecular complexity index is 1190. The number of anilines is 1. The average molecular weight is 435 g/mol. The molecule has 2 aromatic carbocycles. The Hall–Kier alpha value is -3.55. The quantitative estimate of drug-likeness (QED) is 0.560. The summed E-state index contributed by atoms with van der Waals surface area (Å²) in [6, 6.07) is 7.32. The third kappa shape index (κ3) is 3.55. The van der Waals surface area contributed by atoms with Gasteiger partial charge in [-0.2, -0.15) is 10.2 Å². The van der Waals surface area contributed by atoms with E-state index in [2.05, 4.69) is 10.2 Å². The van der Waals surface area contributed by atoms with Crippen LogP contribution in [0, 0.1) is 5.92 Å². The zero-order valence-electron chi connectivity index (χ0n) is 18.4. The van der Waals surface area contributed by atoms with Gasteiger partial charge in [0, 0.05) is 23.6 Å². The van der Waals surface area contributed by atoms with Crippen LogP contribution in [-0.4, -0.2) is 50.6 Å². The average Bonchev–Trinajstić information content (AvgIpc) is 3.66. The van der Waals surface area contributed by atoms with Gasteiger partial charge in [0.1, 0.15) is 0 Å². The number of methoxy groups -OCH3 is 3. The monoisotopic (exact) mass is 435 g/mol. The molecule has 0 N–H and O–H groups in total. The SMILES string of the molecule is COc1cc2nncc(N3CCc4cc(OCC5CC5)c(OC)cc4C3=O)c2cc1OC. The summed E-state index contributed by atoms with van der Waals surface area (Å²) in [5.41, 5.74) is 2.88. The van der Waals surface area contributed by atoms with Crippen LogP contribution in [0.15, 0.2) is 30.5 Å². The molecule has 2 heterocycles. The minimum atomic E-state index is -0.109. The largest absolute Gasteiger partial charge is 0.493 e. The molecular formula is C24H25N3O5. The number of carbonyl (C=O) groups is 1. The van der Waals surface area contributed by atoms with E-state index in [1.165, 1.54) is 12.8 Å². The standard InChI is InChI=1S/C24H25N3O5/c1-29-20-10-17-18(11-22(20)31-3)26-25-12-19(17)27-7-6-15-8-23(32-13-14-4-5-14)21(30-2)9-16(15)24(27)28/h8-12,14H,4-7,13H2,1-3H3. The highest BCUT2D eigenvalue weighted by Gasteiger charge is 2.30. The summed E-state index contributed by atoms with van der Waals surface area (Å²) in [6.07, 6.45) is 4.74. The molecule has 0 saturated heterocycles. The Kier molecular flexibility index (Phi) is 5.20. The molecule has 1 aliphatic carbocycles. The second-order valence-corrected chi connectivity index (χ2v) is 8.08. The highest BCUT2D eigenvalue weighted by molar-refractivity contribution is 6.12. The minimum Gasteiger partial charge on any atom is -0.493 e. The summed E-state index contributed by atoms with van der Waals surface area (Å²) in [4.78, 5) is 15.3. The van der Waals surface area contributed by atoms with Crippen molar-refractivity contribution in [2.75, 3.05) is 39.4 Å². The number of hydrogen-bond donors (Lipinski definition) is 0. The van der Waals surface area contributed by atoms with Gasteiger partial charge >= 0.3 is 0 Å². The number of nitrogens with zero attached hydrogens (tertiary/aromatic N) is 3. The molecule has 0 bridgehead atoms. The second-order valence-electron chi connectivity index (χ2n) is 8.08. The zero-order valence-corrected chi connectivity index (χ0v) is 18.4. The first-order valence-corrected chi connectivity index (χ1v) is 10.7. The van der Waals surface area contributed by atoms with Crippen molar-refractivity contribution < 1.29 is 23.7 Å².